The van der Waals surface area contributed by atoms with Crippen LogP contribution < -0.4 is 0 Å². The zero-order chi connectivity index (χ0) is 12.2. The molecular weight excluding hydrogens is 246 g/mol. The van der Waals surface area contributed by atoms with E-state index in [1.807, 2.05) is 6.07 Å². The molecule has 0 radical (unpaired) electrons. The number of nitriles is 1. The summed E-state index contributed by atoms with van der Waals surface area (Å²) < 4.78 is 24.0. The van der Waals surface area contributed by atoms with Crippen LogP contribution in [-0.4, -0.2) is 19.5 Å². The largest absolute Gasteiger partial charge is 0.223 e. The van der Waals surface area contributed by atoms with E-state index in [1.54, 1.807) is 6.92 Å². The topological polar surface area (TPSA) is 57.9 Å². The van der Waals surface area contributed by atoms with Crippen molar-refractivity contribution in [3.63, 3.8) is 0 Å². The van der Waals surface area contributed by atoms with E-state index in [9.17, 15) is 8.42 Å². The Kier molecular flexibility index (Phi) is 4.34. The molecule has 1 aromatic rings. The van der Waals surface area contributed by atoms with Crippen molar-refractivity contribution >= 4 is 21.4 Å². The highest BCUT2D eigenvalue weighted by atomic mass is 35.5. The van der Waals surface area contributed by atoms with Gasteiger partial charge in [-0.2, -0.15) is 5.26 Å². The SMILES string of the molecule is CC(CCCl)S(=O)(=O)c1ccc(C#N)cc1. The molecule has 16 heavy (non-hydrogen) atoms. The highest BCUT2D eigenvalue weighted by molar-refractivity contribution is 7.92. The third-order valence-corrected chi connectivity index (χ3v) is 4.80. The lowest BCUT2D eigenvalue weighted by Gasteiger charge is -2.11. The predicted molar refractivity (Wildman–Crippen MR) is 63.1 cm³/mol. The Bertz CT molecular complexity index is 488. The second-order valence-electron chi connectivity index (χ2n) is 3.47. The Balaban J connectivity index is 3.04. The molecule has 0 aliphatic rings. The molecule has 0 heterocycles. The minimum atomic E-state index is -3.32. The smallest absolute Gasteiger partial charge is 0.180 e. The van der Waals surface area contributed by atoms with Gasteiger partial charge in [0.1, 0.15) is 0 Å². The van der Waals surface area contributed by atoms with E-state index in [0.717, 1.165) is 0 Å². The molecule has 0 bridgehead atoms. The van der Waals surface area contributed by atoms with Crippen LogP contribution >= 0.6 is 11.6 Å². The van der Waals surface area contributed by atoms with Crippen LogP contribution in [0.5, 0.6) is 0 Å². The molecule has 0 saturated carbocycles. The first-order valence-electron chi connectivity index (χ1n) is 4.82. The van der Waals surface area contributed by atoms with Gasteiger partial charge in [-0.05, 0) is 37.6 Å². The van der Waals surface area contributed by atoms with Crippen molar-refractivity contribution < 1.29 is 8.42 Å². The van der Waals surface area contributed by atoms with E-state index < -0.39 is 15.1 Å². The average molecular weight is 258 g/mol. The number of alkyl halides is 1. The first kappa shape index (κ1) is 13.0. The Labute approximate surface area is 101 Å². The van der Waals surface area contributed by atoms with Gasteiger partial charge in [0.2, 0.25) is 0 Å². The van der Waals surface area contributed by atoms with Crippen molar-refractivity contribution in [3.05, 3.63) is 29.8 Å². The summed E-state index contributed by atoms with van der Waals surface area (Å²) in [4.78, 5) is 0.240. The molecule has 0 N–H and O–H groups in total. The molecule has 1 aromatic carbocycles. The number of sulfone groups is 1. The normalized spacial score (nSPS) is 13.1. The lowest BCUT2D eigenvalue weighted by atomic mass is 10.2. The van der Waals surface area contributed by atoms with Gasteiger partial charge in [0.15, 0.2) is 9.84 Å². The quantitative estimate of drug-likeness (QED) is 0.778. The van der Waals surface area contributed by atoms with Gasteiger partial charge < -0.3 is 0 Å². The third kappa shape index (κ3) is 2.75. The maximum atomic E-state index is 12.0. The zero-order valence-corrected chi connectivity index (χ0v) is 10.4. The van der Waals surface area contributed by atoms with Crippen LogP contribution in [0.1, 0.15) is 18.9 Å². The van der Waals surface area contributed by atoms with E-state index >= 15 is 0 Å². The van der Waals surface area contributed by atoms with Gasteiger partial charge in [-0.3, -0.25) is 0 Å². The van der Waals surface area contributed by atoms with Crippen LogP contribution in [0, 0.1) is 11.3 Å². The summed E-state index contributed by atoms with van der Waals surface area (Å²) in [5.41, 5.74) is 0.448. The molecule has 0 saturated heterocycles. The van der Waals surface area contributed by atoms with Crippen molar-refractivity contribution in [1.29, 1.82) is 5.26 Å². The summed E-state index contributed by atoms with van der Waals surface area (Å²) in [7, 11) is -3.32. The molecule has 0 aromatic heterocycles. The van der Waals surface area contributed by atoms with Crippen LogP contribution in [0.4, 0.5) is 0 Å². The number of hydrogen-bond acceptors (Lipinski definition) is 3. The Morgan fingerprint density at radius 2 is 1.94 bits per heavy atom. The summed E-state index contributed by atoms with van der Waals surface area (Å²) in [6.45, 7) is 1.63. The van der Waals surface area contributed by atoms with E-state index in [2.05, 4.69) is 0 Å². The maximum absolute atomic E-state index is 12.0. The molecule has 86 valence electrons. The van der Waals surface area contributed by atoms with Crippen LogP contribution in [0.2, 0.25) is 0 Å². The molecule has 1 unspecified atom stereocenters. The minimum Gasteiger partial charge on any atom is -0.223 e. The summed E-state index contributed by atoms with van der Waals surface area (Å²) in [6, 6.07) is 7.86. The molecular formula is C11H12ClNO2S. The van der Waals surface area contributed by atoms with Gasteiger partial charge in [0.25, 0.3) is 0 Å². The highest BCUT2D eigenvalue weighted by Crippen LogP contribution is 2.18. The maximum Gasteiger partial charge on any atom is 0.180 e. The van der Waals surface area contributed by atoms with Crippen LogP contribution in [-0.2, 0) is 9.84 Å². The molecule has 0 fully saturated rings. The molecule has 0 aliphatic carbocycles. The number of rotatable bonds is 4. The highest BCUT2D eigenvalue weighted by Gasteiger charge is 2.22. The number of benzene rings is 1. The standard InChI is InChI=1S/C11H12ClNO2S/c1-9(6-7-12)16(14,15)11-4-2-10(8-13)3-5-11/h2-5,9H,6-7H2,1H3. The Morgan fingerprint density at radius 3 is 2.38 bits per heavy atom. The van der Waals surface area contributed by atoms with Crippen LogP contribution in [0.25, 0.3) is 0 Å². The van der Waals surface area contributed by atoms with Gasteiger partial charge in [-0.25, -0.2) is 8.42 Å². The molecule has 5 heteroatoms. The Morgan fingerprint density at radius 1 is 1.38 bits per heavy atom. The molecule has 1 rings (SSSR count). The number of halogens is 1. The van der Waals surface area contributed by atoms with Crippen LogP contribution in [0.3, 0.4) is 0 Å². The summed E-state index contributed by atoms with van der Waals surface area (Å²) in [5, 5.41) is 8.11. The van der Waals surface area contributed by atoms with Gasteiger partial charge >= 0.3 is 0 Å². The third-order valence-electron chi connectivity index (χ3n) is 2.36. The van der Waals surface area contributed by atoms with E-state index in [4.69, 9.17) is 16.9 Å². The fourth-order valence-corrected chi connectivity index (χ4v) is 3.13. The van der Waals surface area contributed by atoms with Gasteiger partial charge in [0, 0.05) is 5.88 Å². The second-order valence-corrected chi connectivity index (χ2v) is 6.21. The van der Waals surface area contributed by atoms with Crippen molar-refractivity contribution in [2.24, 2.45) is 0 Å². The van der Waals surface area contributed by atoms with Crippen molar-refractivity contribution in [2.75, 3.05) is 5.88 Å². The van der Waals surface area contributed by atoms with Crippen molar-refractivity contribution in [2.45, 2.75) is 23.5 Å². The van der Waals surface area contributed by atoms with E-state index in [0.29, 0.717) is 17.9 Å². The lowest BCUT2D eigenvalue weighted by molar-refractivity contribution is 0.581. The Hall–Kier alpha value is -1.05. The van der Waals surface area contributed by atoms with Gasteiger partial charge in [0.05, 0.1) is 21.8 Å². The molecule has 0 amide bonds. The fraction of sp³-hybridized carbons (Fsp3) is 0.364. The van der Waals surface area contributed by atoms with Crippen molar-refractivity contribution in [1.82, 2.24) is 0 Å². The monoisotopic (exact) mass is 257 g/mol. The molecule has 0 spiro atoms. The van der Waals surface area contributed by atoms with Crippen LogP contribution in [0.15, 0.2) is 29.2 Å². The summed E-state index contributed by atoms with van der Waals surface area (Å²) in [5.74, 6) is 0.316. The van der Waals surface area contributed by atoms with Gasteiger partial charge in [-0.1, -0.05) is 0 Å². The van der Waals surface area contributed by atoms with Crippen molar-refractivity contribution in [3.8, 4) is 6.07 Å². The van der Waals surface area contributed by atoms with E-state index in [-0.39, 0.29) is 4.90 Å². The average Bonchev–Trinajstić information content (AvgIpc) is 2.29. The first-order chi connectivity index (χ1) is 7.52. The fourth-order valence-electron chi connectivity index (χ4n) is 1.26. The number of nitrogens with zero attached hydrogens (tertiary/aromatic N) is 1. The molecule has 0 aliphatic heterocycles. The molecule has 1 atom stereocenters. The first-order valence-corrected chi connectivity index (χ1v) is 6.90. The zero-order valence-electron chi connectivity index (χ0n) is 8.85. The van der Waals surface area contributed by atoms with Gasteiger partial charge in [-0.15, -0.1) is 11.6 Å². The molecule has 3 nitrogen and oxygen atoms in total. The minimum absolute atomic E-state index is 0.240. The second kappa shape index (κ2) is 5.33. The number of hydrogen-bond donors (Lipinski definition) is 0. The predicted octanol–water partition coefficient (Wildman–Crippen LogP) is 2.35. The summed E-state index contributed by atoms with van der Waals surface area (Å²) >= 11 is 5.53. The lowest BCUT2D eigenvalue weighted by Crippen LogP contribution is -2.18. The summed E-state index contributed by atoms with van der Waals surface area (Å²) in [6.07, 6.45) is 0.421. The van der Waals surface area contributed by atoms with E-state index in [1.165, 1.54) is 24.3 Å².